The van der Waals surface area contributed by atoms with Crippen LogP contribution in [0.2, 0.25) is 0 Å². The van der Waals surface area contributed by atoms with Crippen molar-refractivity contribution in [3.63, 3.8) is 0 Å². The molecule has 1 fully saturated rings. The summed E-state index contributed by atoms with van der Waals surface area (Å²) in [6.45, 7) is 0. The molecule has 1 aliphatic heterocycles. The van der Waals surface area contributed by atoms with Crippen LogP contribution in [0.15, 0.2) is 91.0 Å². The van der Waals surface area contributed by atoms with Crippen molar-refractivity contribution in [1.82, 2.24) is 5.06 Å². The van der Waals surface area contributed by atoms with Crippen molar-refractivity contribution < 1.29 is 4.84 Å². The molecule has 0 radical (unpaired) electrons. The first kappa shape index (κ1) is 17.6. The Morgan fingerprint density at radius 2 is 1.27 bits per heavy atom. The molecule has 0 spiro atoms. The lowest BCUT2D eigenvalue weighted by molar-refractivity contribution is -0.121. The average molecular weight is 379 g/mol. The Bertz CT molecular complexity index is 858. The molecule has 1 aliphatic rings. The van der Waals surface area contributed by atoms with E-state index in [1.165, 1.54) is 16.2 Å². The molecule has 0 aliphatic carbocycles. The summed E-state index contributed by atoms with van der Waals surface area (Å²) >= 11 is 6.41. The van der Waals surface area contributed by atoms with Crippen LogP contribution >= 0.6 is 6.04 Å². The van der Waals surface area contributed by atoms with Crippen LogP contribution in [0.4, 0.5) is 0 Å². The predicted octanol–water partition coefficient (Wildman–Crippen LogP) is 4.45. The molecule has 0 bridgehead atoms. The zero-order valence-corrected chi connectivity index (χ0v) is 16.4. The van der Waals surface area contributed by atoms with E-state index < -0.39 is 6.04 Å². The minimum Gasteiger partial charge on any atom is -0.289 e. The molecule has 0 unspecified atom stereocenters. The van der Waals surface area contributed by atoms with E-state index in [-0.39, 0.29) is 11.9 Å². The average Bonchev–Trinajstić information content (AvgIpc) is 3.11. The van der Waals surface area contributed by atoms with Gasteiger partial charge in [0, 0.05) is 19.5 Å². The Hall–Kier alpha value is -1.77. The molecule has 1 heterocycles. The van der Waals surface area contributed by atoms with E-state index >= 15 is 0 Å². The van der Waals surface area contributed by atoms with Crippen molar-refractivity contribution >= 4 is 28.5 Å². The molecule has 4 heteroatoms. The van der Waals surface area contributed by atoms with E-state index in [0.29, 0.717) is 0 Å². The summed E-state index contributed by atoms with van der Waals surface area (Å²) in [4.78, 5) is 6.38. The van der Waals surface area contributed by atoms with Gasteiger partial charge in [-0.2, -0.15) is 5.06 Å². The maximum atomic E-state index is 6.41. The van der Waals surface area contributed by atoms with Crippen LogP contribution in [0, 0.1) is 0 Å². The number of nitrogens with zero attached hydrogens (tertiary/aromatic N) is 1. The standard InChI is InChI=1S/C22H22NOPS/c1-23-21(18-11-5-2-6-12-18)17-22(24-23)25(26,19-13-7-3-8-14-19)20-15-9-4-10-16-20/h2-16,21-22H,17H2,1H3/t21-,22+/m0/s1. The molecular weight excluding hydrogens is 357 g/mol. The van der Waals surface area contributed by atoms with Gasteiger partial charge >= 0.3 is 0 Å². The minimum atomic E-state index is -2.10. The second kappa shape index (κ2) is 7.46. The van der Waals surface area contributed by atoms with Crippen molar-refractivity contribution in [2.24, 2.45) is 0 Å². The Balaban J connectivity index is 1.76. The molecular formula is C22H22NOPS. The fourth-order valence-corrected chi connectivity index (χ4v) is 7.74. The highest BCUT2D eigenvalue weighted by molar-refractivity contribution is 8.22. The minimum absolute atomic E-state index is 0.00231. The van der Waals surface area contributed by atoms with Crippen molar-refractivity contribution in [2.45, 2.75) is 18.3 Å². The van der Waals surface area contributed by atoms with E-state index in [1.807, 2.05) is 24.2 Å². The Labute approximate surface area is 160 Å². The van der Waals surface area contributed by atoms with Crippen LogP contribution in [0.1, 0.15) is 18.0 Å². The Kier molecular flexibility index (Phi) is 5.06. The first-order valence-corrected chi connectivity index (χ1v) is 11.7. The highest BCUT2D eigenvalue weighted by Crippen LogP contribution is 2.55. The van der Waals surface area contributed by atoms with E-state index in [4.69, 9.17) is 16.6 Å². The van der Waals surface area contributed by atoms with Crippen LogP contribution in [0.5, 0.6) is 0 Å². The van der Waals surface area contributed by atoms with Gasteiger partial charge in [0.1, 0.15) is 5.85 Å². The molecule has 2 nitrogen and oxygen atoms in total. The topological polar surface area (TPSA) is 12.5 Å². The lowest BCUT2D eigenvalue weighted by Gasteiger charge is -2.28. The summed E-state index contributed by atoms with van der Waals surface area (Å²) in [5.41, 5.74) is 1.28. The van der Waals surface area contributed by atoms with Crippen LogP contribution in [0.3, 0.4) is 0 Å². The predicted molar refractivity (Wildman–Crippen MR) is 113 cm³/mol. The van der Waals surface area contributed by atoms with Crippen LogP contribution in [0.25, 0.3) is 0 Å². The highest BCUT2D eigenvalue weighted by atomic mass is 32.4. The number of hydrogen-bond donors (Lipinski definition) is 0. The van der Waals surface area contributed by atoms with E-state index in [0.717, 1.165) is 6.42 Å². The molecule has 4 rings (SSSR count). The third-order valence-electron chi connectivity index (χ3n) is 5.02. The molecule has 26 heavy (non-hydrogen) atoms. The zero-order valence-electron chi connectivity index (χ0n) is 14.7. The molecule has 132 valence electrons. The quantitative estimate of drug-likeness (QED) is 0.622. The monoisotopic (exact) mass is 379 g/mol. The lowest BCUT2D eigenvalue weighted by Crippen LogP contribution is -2.26. The van der Waals surface area contributed by atoms with E-state index in [9.17, 15) is 0 Å². The largest absolute Gasteiger partial charge is 0.289 e. The first-order chi connectivity index (χ1) is 12.7. The smallest absolute Gasteiger partial charge is 0.117 e. The van der Waals surface area contributed by atoms with Gasteiger partial charge in [-0.15, -0.1) is 0 Å². The van der Waals surface area contributed by atoms with Gasteiger partial charge < -0.3 is 0 Å². The molecule has 0 saturated carbocycles. The van der Waals surface area contributed by atoms with Gasteiger partial charge in [0.2, 0.25) is 0 Å². The summed E-state index contributed by atoms with van der Waals surface area (Å²) < 4.78 is 0. The fourth-order valence-electron chi connectivity index (χ4n) is 3.66. The second-order valence-corrected chi connectivity index (χ2v) is 11.3. The summed E-state index contributed by atoms with van der Waals surface area (Å²) in [7, 11) is 2.02. The highest BCUT2D eigenvalue weighted by Gasteiger charge is 2.42. The maximum absolute atomic E-state index is 6.41. The summed E-state index contributed by atoms with van der Waals surface area (Å²) in [5.74, 6) is -0.00231. The van der Waals surface area contributed by atoms with Gasteiger partial charge in [-0.1, -0.05) is 103 Å². The summed E-state index contributed by atoms with van der Waals surface area (Å²) in [6, 6.07) is 29.7. The van der Waals surface area contributed by atoms with Gasteiger partial charge in [-0.3, -0.25) is 4.84 Å². The van der Waals surface area contributed by atoms with Crippen LogP contribution < -0.4 is 10.6 Å². The number of rotatable bonds is 4. The van der Waals surface area contributed by atoms with Crippen molar-refractivity contribution in [3.05, 3.63) is 96.6 Å². The zero-order chi connectivity index (χ0) is 18.0. The van der Waals surface area contributed by atoms with E-state index in [1.54, 1.807) is 0 Å². The first-order valence-electron chi connectivity index (χ1n) is 8.85. The number of hydroxylamine groups is 2. The molecule has 3 aromatic carbocycles. The molecule has 0 amide bonds. The molecule has 0 N–H and O–H groups in total. The normalized spacial score (nSPS) is 21.0. The number of benzene rings is 3. The lowest BCUT2D eigenvalue weighted by atomic mass is 10.1. The molecule has 3 aromatic rings. The van der Waals surface area contributed by atoms with Crippen molar-refractivity contribution in [2.75, 3.05) is 7.05 Å². The van der Waals surface area contributed by atoms with Gasteiger partial charge in [0.25, 0.3) is 0 Å². The molecule has 1 saturated heterocycles. The fraction of sp³-hybridized carbons (Fsp3) is 0.182. The van der Waals surface area contributed by atoms with Gasteiger partial charge in [0.15, 0.2) is 0 Å². The number of hydrogen-bond acceptors (Lipinski definition) is 3. The second-order valence-electron chi connectivity index (χ2n) is 6.60. The van der Waals surface area contributed by atoms with Gasteiger partial charge in [-0.05, 0) is 16.2 Å². The Morgan fingerprint density at radius 3 is 1.77 bits per heavy atom. The van der Waals surface area contributed by atoms with E-state index in [2.05, 4.69) is 78.9 Å². The SMILES string of the molecule is CN1O[C@H](P(=S)(c2ccccc2)c2ccccc2)C[C@H]1c1ccccc1. The maximum Gasteiger partial charge on any atom is 0.117 e. The van der Waals surface area contributed by atoms with Crippen molar-refractivity contribution in [3.8, 4) is 0 Å². The molecule has 0 aromatic heterocycles. The third-order valence-corrected chi connectivity index (χ3v) is 10.2. The van der Waals surface area contributed by atoms with Crippen LogP contribution in [-0.4, -0.2) is 18.0 Å². The third kappa shape index (κ3) is 3.17. The Morgan fingerprint density at radius 1 is 0.808 bits per heavy atom. The summed E-state index contributed by atoms with van der Waals surface area (Å²) in [6.07, 6.45) is 0.904. The van der Waals surface area contributed by atoms with Crippen molar-refractivity contribution in [1.29, 1.82) is 0 Å². The van der Waals surface area contributed by atoms with Gasteiger partial charge in [-0.25, -0.2) is 0 Å². The molecule has 2 atom stereocenters. The van der Waals surface area contributed by atoms with Crippen LogP contribution in [-0.2, 0) is 16.6 Å². The summed E-state index contributed by atoms with van der Waals surface area (Å²) in [5, 5.41) is 4.43. The van der Waals surface area contributed by atoms with Gasteiger partial charge in [0.05, 0.1) is 6.04 Å².